The molecule has 0 aliphatic carbocycles. The molecule has 2 aromatic carbocycles. The Kier molecular flexibility index (Phi) is 6.35. The van der Waals surface area contributed by atoms with Gasteiger partial charge in [-0.1, -0.05) is 60.7 Å². The summed E-state index contributed by atoms with van der Waals surface area (Å²) in [5, 5.41) is 0. The fourth-order valence-electron chi connectivity index (χ4n) is 3.71. The first-order valence-corrected chi connectivity index (χ1v) is 10.3. The molecule has 4 rings (SSSR count). The molecule has 0 atom stereocenters. The lowest BCUT2D eigenvalue weighted by Crippen LogP contribution is -2.50. The number of carbonyl (C=O) groups is 1. The maximum atomic E-state index is 12.7. The van der Waals surface area contributed by atoms with Crippen LogP contribution in [-0.2, 0) is 17.8 Å². The van der Waals surface area contributed by atoms with E-state index in [1.807, 2.05) is 41.3 Å². The lowest BCUT2D eigenvalue weighted by molar-refractivity contribution is -0.133. The molecule has 0 N–H and O–H groups in total. The first-order valence-electron chi connectivity index (χ1n) is 10.3. The molecule has 1 aliphatic heterocycles. The molecule has 0 bridgehead atoms. The van der Waals surface area contributed by atoms with Crippen molar-refractivity contribution in [2.75, 3.05) is 32.7 Å². The first-order chi connectivity index (χ1) is 14.7. The second kappa shape index (κ2) is 9.50. The van der Waals surface area contributed by atoms with E-state index in [1.54, 1.807) is 0 Å². The molecule has 6 heteroatoms. The van der Waals surface area contributed by atoms with Crippen LogP contribution in [0.25, 0.3) is 11.3 Å². The molecule has 1 saturated heterocycles. The van der Waals surface area contributed by atoms with Gasteiger partial charge < -0.3 is 4.90 Å². The second-order valence-corrected chi connectivity index (χ2v) is 7.56. The third-order valence-electron chi connectivity index (χ3n) is 5.54. The number of hydrogen-bond donors (Lipinski definition) is 0. The smallest absolute Gasteiger partial charge is 0.254 e. The molecule has 0 saturated carbocycles. The Morgan fingerprint density at radius 3 is 2.23 bits per heavy atom. The van der Waals surface area contributed by atoms with E-state index >= 15 is 0 Å². The van der Waals surface area contributed by atoms with Gasteiger partial charge in [-0.2, -0.15) is 0 Å². The molecule has 0 radical (unpaired) electrons. The van der Waals surface area contributed by atoms with Gasteiger partial charge in [-0.15, -0.1) is 0 Å². The van der Waals surface area contributed by atoms with Crippen LogP contribution in [-0.4, -0.2) is 58.0 Å². The predicted octanol–water partition coefficient (Wildman–Crippen LogP) is 2.30. The van der Waals surface area contributed by atoms with E-state index < -0.39 is 0 Å². The van der Waals surface area contributed by atoms with Crippen LogP contribution in [0.2, 0.25) is 0 Å². The first kappa shape index (κ1) is 20.0. The highest BCUT2D eigenvalue weighted by atomic mass is 16.2. The number of piperazine rings is 1. The molecule has 1 aromatic heterocycles. The van der Waals surface area contributed by atoms with Crippen LogP contribution < -0.4 is 5.56 Å². The van der Waals surface area contributed by atoms with Crippen molar-refractivity contribution in [2.24, 2.45) is 0 Å². The average molecular weight is 402 g/mol. The van der Waals surface area contributed by atoms with Gasteiger partial charge >= 0.3 is 0 Å². The van der Waals surface area contributed by atoms with Crippen LogP contribution in [0.4, 0.5) is 0 Å². The Balaban J connectivity index is 1.29. The Hall–Kier alpha value is -3.25. The van der Waals surface area contributed by atoms with Crippen molar-refractivity contribution in [3.05, 3.63) is 89.0 Å². The Labute approximate surface area is 176 Å². The lowest BCUT2D eigenvalue weighted by Gasteiger charge is -2.34. The summed E-state index contributed by atoms with van der Waals surface area (Å²) >= 11 is 0. The molecule has 0 spiro atoms. The van der Waals surface area contributed by atoms with Crippen LogP contribution in [0.15, 0.2) is 77.9 Å². The van der Waals surface area contributed by atoms with Gasteiger partial charge in [0.15, 0.2) is 0 Å². The van der Waals surface area contributed by atoms with E-state index in [2.05, 4.69) is 34.1 Å². The van der Waals surface area contributed by atoms with Crippen molar-refractivity contribution in [3.8, 4) is 11.3 Å². The van der Waals surface area contributed by atoms with Crippen LogP contribution in [0.1, 0.15) is 5.56 Å². The molecular formula is C24H26N4O2. The molecule has 2 heterocycles. The number of nitrogens with zero attached hydrogens (tertiary/aromatic N) is 4. The molecule has 154 valence electrons. The number of aromatic nitrogens is 2. The zero-order valence-electron chi connectivity index (χ0n) is 17.0. The van der Waals surface area contributed by atoms with Crippen molar-refractivity contribution in [3.63, 3.8) is 0 Å². The Morgan fingerprint density at radius 1 is 0.900 bits per heavy atom. The number of carbonyl (C=O) groups excluding carboxylic acids is 1. The average Bonchev–Trinajstić information content (AvgIpc) is 2.80. The Morgan fingerprint density at radius 2 is 1.57 bits per heavy atom. The monoisotopic (exact) mass is 402 g/mol. The van der Waals surface area contributed by atoms with Gasteiger partial charge in [0.25, 0.3) is 5.56 Å². The largest absolute Gasteiger partial charge is 0.339 e. The van der Waals surface area contributed by atoms with Crippen molar-refractivity contribution in [1.29, 1.82) is 0 Å². The summed E-state index contributed by atoms with van der Waals surface area (Å²) in [6.07, 6.45) is 2.49. The molecule has 1 aliphatic rings. The van der Waals surface area contributed by atoms with Gasteiger partial charge in [-0.05, 0) is 12.0 Å². The van der Waals surface area contributed by atoms with Gasteiger partial charge in [-0.3, -0.25) is 19.1 Å². The topological polar surface area (TPSA) is 58.4 Å². The molecule has 30 heavy (non-hydrogen) atoms. The molecule has 0 unspecified atom stereocenters. The molecular weight excluding hydrogens is 376 g/mol. The van der Waals surface area contributed by atoms with Gasteiger partial charge in [-0.25, -0.2) is 4.98 Å². The van der Waals surface area contributed by atoms with Crippen molar-refractivity contribution < 1.29 is 4.79 Å². The molecule has 3 aromatic rings. The van der Waals surface area contributed by atoms with Crippen molar-refractivity contribution >= 4 is 5.91 Å². The van der Waals surface area contributed by atoms with Gasteiger partial charge in [0.05, 0.1) is 12.0 Å². The highest BCUT2D eigenvalue weighted by Crippen LogP contribution is 2.13. The highest BCUT2D eigenvalue weighted by molar-refractivity contribution is 5.76. The summed E-state index contributed by atoms with van der Waals surface area (Å²) in [7, 11) is 0. The van der Waals surface area contributed by atoms with E-state index in [0.717, 1.165) is 31.6 Å². The molecule has 1 amide bonds. The minimum absolute atomic E-state index is 0.0327. The van der Waals surface area contributed by atoms with E-state index in [1.165, 1.54) is 22.5 Å². The van der Waals surface area contributed by atoms with Crippen LogP contribution in [0.5, 0.6) is 0 Å². The van der Waals surface area contributed by atoms with Gasteiger partial charge in [0, 0.05) is 44.4 Å². The summed E-state index contributed by atoms with van der Waals surface area (Å²) in [6.45, 7) is 4.13. The van der Waals surface area contributed by atoms with Crippen LogP contribution >= 0.6 is 0 Å². The van der Waals surface area contributed by atoms with E-state index in [-0.39, 0.29) is 18.0 Å². The fraction of sp³-hybridized carbons (Fsp3) is 0.292. The summed E-state index contributed by atoms with van der Waals surface area (Å²) in [6, 6.07) is 21.5. The molecule has 6 nitrogen and oxygen atoms in total. The second-order valence-electron chi connectivity index (χ2n) is 7.56. The van der Waals surface area contributed by atoms with Gasteiger partial charge in [0.1, 0.15) is 6.54 Å². The predicted molar refractivity (Wildman–Crippen MR) is 117 cm³/mol. The summed E-state index contributed by atoms with van der Waals surface area (Å²) in [5.74, 6) is -0.0333. The summed E-state index contributed by atoms with van der Waals surface area (Å²) in [4.78, 5) is 33.7. The van der Waals surface area contributed by atoms with Crippen LogP contribution in [0, 0.1) is 0 Å². The van der Waals surface area contributed by atoms with E-state index in [0.29, 0.717) is 18.8 Å². The van der Waals surface area contributed by atoms with Crippen molar-refractivity contribution in [1.82, 2.24) is 19.4 Å². The third-order valence-corrected chi connectivity index (χ3v) is 5.54. The quantitative estimate of drug-likeness (QED) is 0.635. The number of hydrogen-bond acceptors (Lipinski definition) is 4. The van der Waals surface area contributed by atoms with Crippen LogP contribution in [0.3, 0.4) is 0 Å². The SMILES string of the molecule is O=C(Cn1cnc(-c2ccccc2)cc1=O)N1CCN(CCc2ccccc2)CC1. The normalized spacial score (nSPS) is 14.6. The standard InChI is InChI=1S/C24H26N4O2/c29-23-17-22(21-9-5-2-6-10-21)25-19-28(23)18-24(30)27-15-13-26(14-16-27)12-11-20-7-3-1-4-8-20/h1-10,17,19H,11-16,18H2. The summed E-state index contributed by atoms with van der Waals surface area (Å²) in [5.41, 5.74) is 2.64. The maximum absolute atomic E-state index is 12.7. The minimum Gasteiger partial charge on any atom is -0.339 e. The van der Waals surface area contributed by atoms with E-state index in [4.69, 9.17) is 0 Å². The van der Waals surface area contributed by atoms with Gasteiger partial charge in [0.2, 0.25) is 5.91 Å². The number of rotatable bonds is 6. The summed E-state index contributed by atoms with van der Waals surface area (Å²) < 4.78 is 1.39. The highest BCUT2D eigenvalue weighted by Gasteiger charge is 2.21. The maximum Gasteiger partial charge on any atom is 0.254 e. The fourth-order valence-corrected chi connectivity index (χ4v) is 3.71. The number of amides is 1. The zero-order valence-corrected chi connectivity index (χ0v) is 17.0. The van der Waals surface area contributed by atoms with E-state index in [9.17, 15) is 9.59 Å². The lowest BCUT2D eigenvalue weighted by atomic mass is 10.1. The third kappa shape index (κ3) is 5.02. The minimum atomic E-state index is -0.210. The van der Waals surface area contributed by atoms with Crippen molar-refractivity contribution in [2.45, 2.75) is 13.0 Å². The zero-order chi connectivity index (χ0) is 20.8. The molecule has 1 fully saturated rings. The number of benzene rings is 2. The Bertz CT molecular complexity index is 1030.